The minimum absolute atomic E-state index is 0.113. The summed E-state index contributed by atoms with van der Waals surface area (Å²) in [5.74, 6) is 1.59. The van der Waals surface area contributed by atoms with Crippen molar-refractivity contribution < 1.29 is 76.7 Å². The molecule has 0 fully saturated rings. The van der Waals surface area contributed by atoms with Crippen LogP contribution in [0.4, 0.5) is 0 Å². The van der Waals surface area contributed by atoms with Gasteiger partial charge in [-0.1, -0.05) is 200 Å². The van der Waals surface area contributed by atoms with E-state index >= 15 is 0 Å². The van der Waals surface area contributed by atoms with Crippen molar-refractivity contribution in [3.8, 4) is 0 Å². The topological polar surface area (TPSA) is 237 Å². The zero-order valence-electron chi connectivity index (χ0n) is 66.2. The number of esters is 2. The van der Waals surface area contributed by atoms with Crippen molar-refractivity contribution in [2.45, 2.75) is 307 Å². The van der Waals surface area contributed by atoms with Crippen molar-refractivity contribution >= 4 is 58.2 Å². The van der Waals surface area contributed by atoms with Gasteiger partial charge in [0.25, 0.3) is 0 Å². The van der Waals surface area contributed by atoms with Gasteiger partial charge in [0.2, 0.25) is 0 Å². The molecule has 0 heterocycles. The van der Waals surface area contributed by atoms with Gasteiger partial charge in [0.15, 0.2) is 17.3 Å². The van der Waals surface area contributed by atoms with E-state index in [-0.39, 0.29) is 109 Å². The predicted molar refractivity (Wildman–Crippen MR) is 375 cm³/mol. The molecule has 16 heteroatoms. The highest BCUT2D eigenvalue weighted by Crippen LogP contribution is 2.21. The average molecular weight is 1290 g/mol. The maximum Gasteiger partial charge on any atom is 0.311 e. The Kier molecular flexibility index (Phi) is 64.0. The fourth-order valence-corrected chi connectivity index (χ4v) is 4.67. The molecule has 0 spiro atoms. The zero-order chi connectivity index (χ0) is 74.9. The van der Waals surface area contributed by atoms with E-state index in [0.29, 0.717) is 55.8 Å². The Bertz CT molecular complexity index is 1680. The highest BCUT2D eigenvalue weighted by molar-refractivity contribution is 5.87. The zero-order valence-corrected chi connectivity index (χ0v) is 66.2. The molecular weight excluding hydrogens is 1140 g/mol. The van der Waals surface area contributed by atoms with E-state index in [1.54, 1.807) is 27.9 Å². The number of carbonyl (C=O) groups is 10. The summed E-state index contributed by atoms with van der Waals surface area (Å²) >= 11 is 0. The molecule has 0 saturated heterocycles. The van der Waals surface area contributed by atoms with Crippen molar-refractivity contribution in [3.05, 3.63) is 0 Å². The quantitative estimate of drug-likeness (QED) is 0.126. The van der Waals surface area contributed by atoms with E-state index in [9.17, 15) is 47.9 Å². The number of Topliss-reactive ketones (excluding diaryl/α,β-unsaturated/α-hetero) is 8. The van der Waals surface area contributed by atoms with Gasteiger partial charge in [-0.3, -0.25) is 47.9 Å². The van der Waals surface area contributed by atoms with Crippen molar-refractivity contribution in [2.24, 2.45) is 54.1 Å². The molecular formula is C74H148O16. The van der Waals surface area contributed by atoms with Crippen molar-refractivity contribution in [1.82, 2.24) is 0 Å². The average Bonchev–Trinajstić information content (AvgIpc) is 3.42. The molecule has 0 aromatic carbocycles. The molecule has 0 rings (SSSR count). The standard InChI is InChI=1S/C9H18O.2C8H16O2.2C8H16O.2C7H14O2.C7H14O.2C6H12O2/c1-5-6-7-8(10)9(2,3)4;1-8(2,3)7(9)5-6-10-4;1-5-10-6-7(9)8(2,3)4;2*1-5-6-7(9)8(2,3)4;1-7(2,3)6(8)5-9-4;1-5-9-6(8)7(2,3)4;1-5-6(8)7(2,3)4;1-6(2,3)5(7)8-4;1-6(2,3)5(8)4-7/h5-7H2,1-4H3;2*5-6H2,1-4H3;2*5-6H2,1-4H3;2*5H2,1-4H3;5H2,1-4H3;1-4H3;7H,4H2,1-3H3. The first-order valence-corrected chi connectivity index (χ1v) is 32.5. The summed E-state index contributed by atoms with van der Waals surface area (Å²) < 4.78 is 23.7. The van der Waals surface area contributed by atoms with Crippen LogP contribution in [-0.4, -0.2) is 124 Å². The number of methoxy groups -OCH3 is 3. The summed E-state index contributed by atoms with van der Waals surface area (Å²) in [6, 6.07) is 0. The molecule has 0 bridgehead atoms. The van der Waals surface area contributed by atoms with Gasteiger partial charge in [-0.05, 0) is 74.7 Å². The molecule has 0 aromatic heterocycles. The second-order valence-electron chi connectivity index (χ2n) is 32.0. The summed E-state index contributed by atoms with van der Waals surface area (Å²) in [7, 11) is 4.53. The summed E-state index contributed by atoms with van der Waals surface area (Å²) in [5, 5.41) is 8.32. The number of hydrogen-bond acceptors (Lipinski definition) is 16. The number of hydrogen-bond donors (Lipinski definition) is 1. The third kappa shape index (κ3) is 78.4. The Balaban J connectivity index is -0.0000000989. The minimum Gasteiger partial charge on any atom is -0.469 e. The van der Waals surface area contributed by atoms with E-state index in [0.717, 1.165) is 44.9 Å². The highest BCUT2D eigenvalue weighted by atomic mass is 16.5. The first kappa shape index (κ1) is 108. The van der Waals surface area contributed by atoms with Gasteiger partial charge < -0.3 is 28.8 Å². The van der Waals surface area contributed by atoms with Crippen LogP contribution >= 0.6 is 0 Å². The maximum absolute atomic E-state index is 11.2. The van der Waals surface area contributed by atoms with Crippen LogP contribution < -0.4 is 0 Å². The Hall–Kier alpha value is -3.86. The molecule has 0 atom stereocenters. The molecule has 0 aliphatic heterocycles. The molecule has 0 aliphatic rings. The van der Waals surface area contributed by atoms with Crippen LogP contribution in [-0.2, 0) is 71.6 Å². The number of aliphatic hydroxyl groups excluding tert-OH is 1. The highest BCUT2D eigenvalue weighted by Gasteiger charge is 2.26. The monoisotopic (exact) mass is 1290 g/mol. The van der Waals surface area contributed by atoms with Gasteiger partial charge >= 0.3 is 11.9 Å². The first-order chi connectivity index (χ1) is 39.8. The van der Waals surface area contributed by atoms with Crippen LogP contribution in [0.25, 0.3) is 0 Å². The normalized spacial score (nSPS) is 11.5. The number of ether oxygens (including phenoxy) is 5. The van der Waals surface area contributed by atoms with E-state index in [1.165, 1.54) is 14.2 Å². The van der Waals surface area contributed by atoms with E-state index < -0.39 is 0 Å². The number of aliphatic hydroxyl groups is 1. The fourth-order valence-electron chi connectivity index (χ4n) is 4.67. The maximum atomic E-state index is 11.2. The number of ketones is 8. The van der Waals surface area contributed by atoms with E-state index in [4.69, 9.17) is 19.3 Å². The number of carbonyl (C=O) groups excluding carboxylic acids is 10. The Morgan fingerprint density at radius 3 is 0.722 bits per heavy atom. The first-order valence-electron chi connectivity index (χ1n) is 32.5. The summed E-state index contributed by atoms with van der Waals surface area (Å²) in [5.41, 5.74) is -2.32. The lowest BCUT2D eigenvalue weighted by Crippen LogP contribution is -2.24. The lowest BCUT2D eigenvalue weighted by atomic mass is 9.88. The fraction of sp³-hybridized carbons (Fsp3) is 0.865. The third-order valence-electron chi connectivity index (χ3n) is 11.8. The lowest BCUT2D eigenvalue weighted by molar-refractivity contribution is -0.152. The molecule has 0 unspecified atom stereocenters. The van der Waals surface area contributed by atoms with Gasteiger partial charge in [-0.25, -0.2) is 0 Å². The molecule has 0 aromatic rings. The van der Waals surface area contributed by atoms with Crippen molar-refractivity contribution in [2.75, 3.05) is 61.0 Å². The van der Waals surface area contributed by atoms with Gasteiger partial charge in [-0.2, -0.15) is 0 Å². The summed E-state index contributed by atoms with van der Waals surface area (Å²) in [6.45, 7) is 70.5. The van der Waals surface area contributed by atoms with Gasteiger partial charge in [-0.15, -0.1) is 0 Å². The third-order valence-corrected chi connectivity index (χ3v) is 11.8. The molecule has 16 nitrogen and oxygen atoms in total. The van der Waals surface area contributed by atoms with Crippen LogP contribution in [0, 0.1) is 54.1 Å². The molecule has 0 amide bonds. The minimum atomic E-state index is -0.380. The molecule has 0 aliphatic carbocycles. The SMILES string of the molecule is CC(C)(C)C(=O)CO.CCC(=O)C(C)(C)C.CCCC(=O)C(C)(C)C.CCCC(=O)C(C)(C)C.CCCCC(=O)C(C)(C)C.CCOC(=O)C(C)(C)C.CCOCC(=O)C(C)(C)C.COC(=O)C(C)(C)C.COCC(=O)C(C)(C)C.COCCC(=O)C(C)(C)C. The Morgan fingerprint density at radius 1 is 0.300 bits per heavy atom. The van der Waals surface area contributed by atoms with Crippen LogP contribution in [0.15, 0.2) is 0 Å². The summed E-state index contributed by atoms with van der Waals surface area (Å²) in [6.07, 6.45) is 7.47. The number of unbranched alkanes of at least 4 members (excludes halogenated alkanes) is 1. The largest absolute Gasteiger partial charge is 0.469 e. The summed E-state index contributed by atoms with van der Waals surface area (Å²) in [4.78, 5) is 109. The van der Waals surface area contributed by atoms with Crippen LogP contribution in [0.1, 0.15) is 307 Å². The second-order valence-corrected chi connectivity index (χ2v) is 32.0. The Morgan fingerprint density at radius 2 is 0.589 bits per heavy atom. The van der Waals surface area contributed by atoms with Crippen LogP contribution in [0.2, 0.25) is 0 Å². The smallest absolute Gasteiger partial charge is 0.311 e. The lowest BCUT2D eigenvalue weighted by Gasteiger charge is -2.15. The molecule has 540 valence electrons. The van der Waals surface area contributed by atoms with Crippen LogP contribution in [0.3, 0.4) is 0 Å². The van der Waals surface area contributed by atoms with Crippen molar-refractivity contribution in [1.29, 1.82) is 0 Å². The van der Waals surface area contributed by atoms with Crippen LogP contribution in [0.5, 0.6) is 0 Å². The molecule has 90 heavy (non-hydrogen) atoms. The van der Waals surface area contributed by atoms with Gasteiger partial charge in [0.05, 0.1) is 31.2 Å². The predicted octanol–water partition coefficient (Wildman–Crippen LogP) is 17.5. The number of rotatable bonds is 18. The van der Waals surface area contributed by atoms with Gasteiger partial charge in [0.1, 0.15) is 48.7 Å². The van der Waals surface area contributed by atoms with Crippen molar-refractivity contribution in [3.63, 3.8) is 0 Å². The molecule has 1 N–H and O–H groups in total. The molecule has 0 saturated carbocycles. The Labute approximate surface area is 554 Å². The van der Waals surface area contributed by atoms with E-state index in [2.05, 4.69) is 16.4 Å². The van der Waals surface area contributed by atoms with E-state index in [1.807, 2.05) is 222 Å². The molecule has 0 radical (unpaired) electrons. The van der Waals surface area contributed by atoms with Gasteiger partial charge in [0, 0.05) is 96.3 Å². The second kappa shape index (κ2) is 53.5.